The van der Waals surface area contributed by atoms with Crippen molar-refractivity contribution in [1.82, 2.24) is 14.9 Å². The van der Waals surface area contributed by atoms with Gasteiger partial charge in [0.25, 0.3) is 5.91 Å². The van der Waals surface area contributed by atoms with Gasteiger partial charge < -0.3 is 9.88 Å². The summed E-state index contributed by atoms with van der Waals surface area (Å²) in [7, 11) is 0. The van der Waals surface area contributed by atoms with Gasteiger partial charge in [-0.1, -0.05) is 31.0 Å². The highest BCUT2D eigenvalue weighted by molar-refractivity contribution is 8.14. The minimum absolute atomic E-state index is 0.0492. The van der Waals surface area contributed by atoms with Crippen molar-refractivity contribution in [2.75, 3.05) is 5.75 Å². The Bertz CT molecular complexity index is 820. The van der Waals surface area contributed by atoms with Crippen LogP contribution in [0.4, 0.5) is 0 Å². The van der Waals surface area contributed by atoms with Crippen molar-refractivity contribution in [2.45, 2.75) is 57.5 Å². The lowest BCUT2D eigenvalue weighted by atomic mass is 9.91. The molecule has 5 nitrogen and oxygen atoms in total. The molecule has 0 aromatic carbocycles. The first-order chi connectivity index (χ1) is 12.1. The molecule has 0 spiro atoms. The number of aliphatic imine (C=N–C) groups is 1. The Morgan fingerprint density at radius 3 is 2.96 bits per heavy atom. The number of rotatable bonds is 2. The fourth-order valence-electron chi connectivity index (χ4n) is 3.99. The largest absolute Gasteiger partial charge is 0.345 e. The van der Waals surface area contributed by atoms with Crippen LogP contribution in [-0.2, 0) is 0 Å². The molecule has 1 saturated heterocycles. The molecule has 1 amide bonds. The maximum atomic E-state index is 12.8. The van der Waals surface area contributed by atoms with E-state index in [2.05, 4.69) is 33.7 Å². The zero-order valence-electron chi connectivity index (χ0n) is 14.8. The van der Waals surface area contributed by atoms with Crippen LogP contribution in [0.2, 0.25) is 0 Å². The molecule has 1 aliphatic carbocycles. The number of pyridine rings is 1. The number of carbonyl (C=O) groups is 1. The topological polar surface area (TPSA) is 61.4 Å². The molecule has 0 atom stereocenters. The highest BCUT2D eigenvalue weighted by Gasteiger charge is 2.41. The second kappa shape index (κ2) is 6.48. The minimum atomic E-state index is -0.180. The van der Waals surface area contributed by atoms with Gasteiger partial charge in [-0.3, -0.25) is 4.79 Å². The van der Waals surface area contributed by atoms with Gasteiger partial charge in [0.2, 0.25) is 0 Å². The number of thioether (sulfide) groups is 1. The Labute approximate surface area is 152 Å². The van der Waals surface area contributed by atoms with E-state index in [1.165, 1.54) is 32.1 Å². The molecule has 2 aliphatic rings. The summed E-state index contributed by atoms with van der Waals surface area (Å²) in [5, 5.41) is 1.73. The monoisotopic (exact) mass is 356 g/mol. The van der Waals surface area contributed by atoms with Gasteiger partial charge in [-0.25, -0.2) is 4.98 Å². The zero-order chi connectivity index (χ0) is 17.4. The van der Waals surface area contributed by atoms with E-state index >= 15 is 0 Å². The molecule has 2 aromatic heterocycles. The first-order valence-corrected chi connectivity index (χ1v) is 10.0. The van der Waals surface area contributed by atoms with Crippen LogP contribution in [0.25, 0.3) is 11.0 Å². The number of fused-ring (bicyclic) bond motifs is 1. The lowest BCUT2D eigenvalue weighted by Gasteiger charge is -2.41. The van der Waals surface area contributed by atoms with E-state index in [4.69, 9.17) is 0 Å². The Morgan fingerprint density at radius 2 is 2.16 bits per heavy atom. The number of aromatic nitrogens is 2. The maximum absolute atomic E-state index is 12.8. The number of nitrogens with one attached hydrogen (secondary N) is 1. The summed E-state index contributed by atoms with van der Waals surface area (Å²) in [5.41, 5.74) is 1.38. The first-order valence-electron chi connectivity index (χ1n) is 9.03. The van der Waals surface area contributed by atoms with Crippen molar-refractivity contribution in [3.05, 3.63) is 30.1 Å². The normalized spacial score (nSPS) is 22.8. The average Bonchev–Trinajstić information content (AvgIpc) is 3.16. The van der Waals surface area contributed by atoms with Crippen molar-refractivity contribution in [3.8, 4) is 0 Å². The number of amidine groups is 1. The van der Waals surface area contributed by atoms with Crippen molar-refractivity contribution in [2.24, 2.45) is 4.99 Å². The van der Waals surface area contributed by atoms with Crippen molar-refractivity contribution in [3.63, 3.8) is 0 Å². The third-order valence-electron chi connectivity index (χ3n) is 5.23. The fourth-order valence-corrected chi connectivity index (χ4v) is 5.30. The van der Waals surface area contributed by atoms with Gasteiger partial charge in [0.05, 0.1) is 5.56 Å². The third kappa shape index (κ3) is 3.08. The molecule has 132 valence electrons. The van der Waals surface area contributed by atoms with Crippen LogP contribution in [-0.4, -0.2) is 43.3 Å². The fraction of sp³-hybridized carbons (Fsp3) is 0.526. The Balaban J connectivity index is 1.65. The van der Waals surface area contributed by atoms with Crippen molar-refractivity contribution in [1.29, 1.82) is 0 Å². The average molecular weight is 356 g/mol. The molecular formula is C19H24N4OS. The van der Waals surface area contributed by atoms with E-state index in [-0.39, 0.29) is 11.4 Å². The predicted octanol–water partition coefficient (Wildman–Crippen LogP) is 4.22. The van der Waals surface area contributed by atoms with Gasteiger partial charge in [-0.15, -0.1) is 0 Å². The van der Waals surface area contributed by atoms with Crippen LogP contribution in [0.3, 0.4) is 0 Å². The molecule has 0 radical (unpaired) electrons. The van der Waals surface area contributed by atoms with E-state index in [9.17, 15) is 4.79 Å². The predicted molar refractivity (Wildman–Crippen MR) is 103 cm³/mol. The van der Waals surface area contributed by atoms with Crippen molar-refractivity contribution < 1.29 is 4.79 Å². The van der Waals surface area contributed by atoms with E-state index < -0.39 is 0 Å². The second-order valence-corrected chi connectivity index (χ2v) is 8.51. The maximum Gasteiger partial charge on any atom is 0.281 e. The molecule has 25 heavy (non-hydrogen) atoms. The molecule has 3 heterocycles. The number of nitrogens with zero attached hydrogens (tertiary/aromatic N) is 3. The Morgan fingerprint density at radius 1 is 1.36 bits per heavy atom. The molecule has 6 heteroatoms. The zero-order valence-corrected chi connectivity index (χ0v) is 15.6. The number of H-pyrrole nitrogens is 1. The number of aromatic amines is 1. The van der Waals surface area contributed by atoms with Crippen LogP contribution in [0.1, 0.15) is 56.3 Å². The van der Waals surface area contributed by atoms with Gasteiger partial charge in [-0.05, 0) is 38.8 Å². The van der Waals surface area contributed by atoms with Crippen LogP contribution in [0.5, 0.6) is 0 Å². The number of amides is 1. The second-order valence-electron chi connectivity index (χ2n) is 7.56. The number of hydrogen-bond acceptors (Lipinski definition) is 3. The molecular weight excluding hydrogens is 332 g/mol. The molecule has 4 rings (SSSR count). The molecule has 2 aromatic rings. The molecule has 0 bridgehead atoms. The van der Waals surface area contributed by atoms with E-state index in [1.807, 2.05) is 12.1 Å². The molecule has 1 N–H and O–H groups in total. The summed E-state index contributed by atoms with van der Waals surface area (Å²) in [6.45, 7) is 4.52. The van der Waals surface area contributed by atoms with Gasteiger partial charge in [-0.2, -0.15) is 4.99 Å². The standard InChI is InChI=1S/C19H24N4OS/c1-19(2)12-25-18(23(19)13-7-4-3-5-8-13)22-17(24)15-11-21-16-14(15)9-6-10-20-16/h6,9-11,13H,3-5,7-8,12H2,1-2H3,(H,20,21)/b22-18-. The van der Waals surface area contributed by atoms with Gasteiger partial charge in [0.1, 0.15) is 5.65 Å². The van der Waals surface area contributed by atoms with Crippen LogP contribution >= 0.6 is 11.8 Å². The quantitative estimate of drug-likeness (QED) is 0.875. The van der Waals surface area contributed by atoms with Crippen LogP contribution < -0.4 is 0 Å². The summed E-state index contributed by atoms with van der Waals surface area (Å²) >= 11 is 1.71. The summed E-state index contributed by atoms with van der Waals surface area (Å²) in [5.74, 6) is 0.797. The van der Waals surface area contributed by atoms with Crippen LogP contribution in [0.15, 0.2) is 29.5 Å². The SMILES string of the molecule is CC1(C)CS/C(=N\C(=O)c2c[nH]c3ncccc23)N1C1CCCCC1. The van der Waals surface area contributed by atoms with Gasteiger partial charge in [0, 0.05) is 35.1 Å². The molecule has 1 aliphatic heterocycles. The summed E-state index contributed by atoms with van der Waals surface area (Å²) < 4.78 is 0. The third-order valence-corrected chi connectivity index (χ3v) is 6.63. The number of hydrogen-bond donors (Lipinski definition) is 1. The van der Waals surface area contributed by atoms with E-state index in [0.717, 1.165) is 22.0 Å². The van der Waals surface area contributed by atoms with Crippen molar-refractivity contribution >= 4 is 33.9 Å². The first kappa shape index (κ1) is 16.6. The van der Waals surface area contributed by atoms with Gasteiger partial charge in [0.15, 0.2) is 5.17 Å². The lowest BCUT2D eigenvalue weighted by Crippen LogP contribution is -2.49. The highest BCUT2D eigenvalue weighted by Crippen LogP contribution is 2.38. The molecule has 0 unspecified atom stereocenters. The van der Waals surface area contributed by atoms with E-state index in [0.29, 0.717) is 11.6 Å². The van der Waals surface area contributed by atoms with Gasteiger partial charge >= 0.3 is 0 Å². The van der Waals surface area contributed by atoms with Crippen LogP contribution in [0, 0.1) is 0 Å². The lowest BCUT2D eigenvalue weighted by molar-refractivity contribution is 0.0999. The molecule has 1 saturated carbocycles. The summed E-state index contributed by atoms with van der Waals surface area (Å²) in [4.78, 5) is 27.1. The Hall–Kier alpha value is -1.82. The smallest absolute Gasteiger partial charge is 0.281 e. The summed E-state index contributed by atoms with van der Waals surface area (Å²) in [6, 6.07) is 4.27. The Kier molecular flexibility index (Phi) is 4.31. The number of carbonyl (C=O) groups excluding carboxylic acids is 1. The molecule has 2 fully saturated rings. The summed E-state index contributed by atoms with van der Waals surface area (Å²) in [6.07, 6.45) is 9.72. The van der Waals surface area contributed by atoms with E-state index in [1.54, 1.807) is 24.2 Å². The highest BCUT2D eigenvalue weighted by atomic mass is 32.2. The minimum Gasteiger partial charge on any atom is -0.345 e.